The second kappa shape index (κ2) is 9.19. The average Bonchev–Trinajstić information content (AvgIpc) is 3.08. The minimum atomic E-state index is -0.349. The lowest BCUT2D eigenvalue weighted by atomic mass is 10.1. The van der Waals surface area contributed by atoms with Crippen molar-refractivity contribution in [3.8, 4) is 11.4 Å². The molecule has 0 aliphatic carbocycles. The first-order valence-corrected chi connectivity index (χ1v) is 9.72. The molecule has 0 aliphatic rings. The summed E-state index contributed by atoms with van der Waals surface area (Å²) < 4.78 is 1.37. The quantitative estimate of drug-likeness (QED) is 0.404. The second-order valence-electron chi connectivity index (χ2n) is 6.40. The predicted molar refractivity (Wildman–Crippen MR) is 118 cm³/mol. The molecular formula is C23H24N4O3. The molecule has 0 radical (unpaired) electrons. The van der Waals surface area contributed by atoms with Gasteiger partial charge in [-0.3, -0.25) is 9.89 Å². The first-order chi connectivity index (χ1) is 14.6. The Morgan fingerprint density at radius 1 is 0.967 bits per heavy atom. The first-order valence-electron chi connectivity index (χ1n) is 9.72. The monoisotopic (exact) mass is 404 g/mol. The number of benzene rings is 3. The summed E-state index contributed by atoms with van der Waals surface area (Å²) >= 11 is 0. The number of phenolic OH excluding ortho intramolecular Hbond substituents is 1. The smallest absolute Gasteiger partial charge is 0.299 e. The Hall–Kier alpha value is -3.71. The molecule has 1 aromatic heterocycles. The third kappa shape index (κ3) is 4.01. The third-order valence-corrected chi connectivity index (χ3v) is 4.55. The lowest BCUT2D eigenvalue weighted by molar-refractivity contribution is 0.282. The number of azo groups is 1. The van der Waals surface area contributed by atoms with Crippen LogP contribution in [0, 0.1) is 6.92 Å². The second-order valence-corrected chi connectivity index (χ2v) is 6.40. The van der Waals surface area contributed by atoms with Crippen molar-refractivity contribution in [3.63, 3.8) is 0 Å². The molecule has 0 unspecified atom stereocenters. The fourth-order valence-electron chi connectivity index (χ4n) is 3.02. The molecule has 0 atom stereocenters. The number of fused-ring (bicyclic) bond motifs is 1. The summed E-state index contributed by atoms with van der Waals surface area (Å²) in [6.07, 6.45) is 0. The third-order valence-electron chi connectivity index (χ3n) is 4.55. The minimum Gasteiger partial charge on any atom is -0.505 e. The van der Waals surface area contributed by atoms with Gasteiger partial charge < -0.3 is 10.2 Å². The Morgan fingerprint density at radius 2 is 1.67 bits per heavy atom. The topological polar surface area (TPSA) is 103 Å². The van der Waals surface area contributed by atoms with Crippen molar-refractivity contribution in [1.29, 1.82) is 0 Å². The minimum absolute atomic E-state index is 0.0231. The van der Waals surface area contributed by atoms with Gasteiger partial charge in [-0.15, -0.1) is 10.2 Å². The zero-order valence-corrected chi connectivity index (χ0v) is 17.1. The van der Waals surface area contributed by atoms with Crippen LogP contribution in [0.5, 0.6) is 5.75 Å². The molecule has 4 rings (SSSR count). The number of phenols is 1. The van der Waals surface area contributed by atoms with E-state index in [-0.39, 0.29) is 29.3 Å². The number of rotatable bonds is 4. The highest BCUT2D eigenvalue weighted by atomic mass is 16.3. The van der Waals surface area contributed by atoms with Crippen molar-refractivity contribution < 1.29 is 10.2 Å². The van der Waals surface area contributed by atoms with Gasteiger partial charge in [0.25, 0.3) is 5.56 Å². The summed E-state index contributed by atoms with van der Waals surface area (Å²) in [5.74, 6) is 0.0231. The highest BCUT2D eigenvalue weighted by molar-refractivity contribution is 5.92. The summed E-state index contributed by atoms with van der Waals surface area (Å²) in [5.41, 5.74) is 2.04. The van der Waals surface area contributed by atoms with E-state index < -0.39 is 0 Å². The van der Waals surface area contributed by atoms with Gasteiger partial charge in [0, 0.05) is 5.39 Å². The molecule has 7 nitrogen and oxygen atoms in total. The van der Waals surface area contributed by atoms with E-state index in [0.29, 0.717) is 16.8 Å². The van der Waals surface area contributed by atoms with Gasteiger partial charge in [-0.25, -0.2) is 4.68 Å². The van der Waals surface area contributed by atoms with Crippen LogP contribution in [-0.4, -0.2) is 20.0 Å². The zero-order valence-electron chi connectivity index (χ0n) is 17.1. The molecule has 0 saturated heterocycles. The number of hydrogen-bond donors (Lipinski definition) is 3. The molecule has 0 spiro atoms. The maximum Gasteiger partial charge on any atom is 0.299 e. The molecule has 7 heteroatoms. The Balaban J connectivity index is 0.00000124. The fourth-order valence-corrected chi connectivity index (χ4v) is 3.02. The molecule has 0 aliphatic heterocycles. The van der Waals surface area contributed by atoms with E-state index in [1.165, 1.54) is 4.68 Å². The molecule has 3 N–H and O–H groups in total. The van der Waals surface area contributed by atoms with E-state index >= 15 is 0 Å². The van der Waals surface area contributed by atoms with Crippen LogP contribution in [0.1, 0.15) is 25.1 Å². The number of nitrogens with one attached hydrogen (secondary N) is 1. The van der Waals surface area contributed by atoms with Gasteiger partial charge in [-0.05, 0) is 36.1 Å². The van der Waals surface area contributed by atoms with E-state index in [1.54, 1.807) is 43.3 Å². The maximum atomic E-state index is 12.7. The van der Waals surface area contributed by atoms with Crippen molar-refractivity contribution >= 4 is 22.1 Å². The van der Waals surface area contributed by atoms with E-state index in [1.807, 2.05) is 38.1 Å². The van der Waals surface area contributed by atoms with Gasteiger partial charge in [0.2, 0.25) is 0 Å². The summed E-state index contributed by atoms with van der Waals surface area (Å²) in [7, 11) is 0. The van der Waals surface area contributed by atoms with Gasteiger partial charge >= 0.3 is 0 Å². The molecular weight excluding hydrogens is 380 g/mol. The SMILES string of the molecule is CC.Cc1[nH]n(-c2ccc(CO)cc2)c(=O)c1N=Nc1ccc2ccccc2c1O. The van der Waals surface area contributed by atoms with Crippen LogP contribution in [0.4, 0.5) is 11.4 Å². The van der Waals surface area contributed by atoms with Gasteiger partial charge in [-0.2, -0.15) is 0 Å². The number of aliphatic hydroxyl groups is 1. The molecule has 0 bridgehead atoms. The van der Waals surface area contributed by atoms with E-state index in [9.17, 15) is 9.90 Å². The van der Waals surface area contributed by atoms with Crippen LogP contribution >= 0.6 is 0 Å². The zero-order chi connectivity index (χ0) is 21.7. The van der Waals surface area contributed by atoms with Gasteiger partial charge in [0.15, 0.2) is 11.4 Å². The standard InChI is InChI=1S/C21H18N4O3.C2H6/c1-13-19(21(28)25(24-13)16-9-6-14(12-26)7-10-16)23-22-18-11-8-15-4-2-3-5-17(15)20(18)27;1-2/h2-11,24,26-27H,12H2,1H3;1-2H3. The predicted octanol–water partition coefficient (Wildman–Crippen LogP) is 5.27. The molecule has 30 heavy (non-hydrogen) atoms. The molecule has 1 heterocycles. The van der Waals surface area contributed by atoms with Crippen molar-refractivity contribution in [2.24, 2.45) is 10.2 Å². The number of aromatic hydroxyl groups is 1. The average molecular weight is 404 g/mol. The number of hydrogen-bond acceptors (Lipinski definition) is 5. The van der Waals surface area contributed by atoms with E-state index in [4.69, 9.17) is 5.11 Å². The summed E-state index contributed by atoms with van der Waals surface area (Å²) in [6.45, 7) is 5.67. The lowest BCUT2D eigenvalue weighted by Crippen LogP contribution is -2.14. The summed E-state index contributed by atoms with van der Waals surface area (Å²) in [6, 6.07) is 17.9. The highest BCUT2D eigenvalue weighted by Gasteiger charge is 2.13. The number of nitrogens with zero attached hydrogens (tertiary/aromatic N) is 3. The summed E-state index contributed by atoms with van der Waals surface area (Å²) in [5, 5.41) is 32.3. The van der Waals surface area contributed by atoms with Gasteiger partial charge in [-0.1, -0.05) is 56.3 Å². The van der Waals surface area contributed by atoms with Crippen molar-refractivity contribution in [3.05, 3.63) is 82.3 Å². The number of aromatic nitrogens is 2. The number of aryl methyl sites for hydroxylation is 1. The number of aromatic amines is 1. The van der Waals surface area contributed by atoms with Gasteiger partial charge in [0.1, 0.15) is 5.69 Å². The normalized spacial score (nSPS) is 10.9. The van der Waals surface area contributed by atoms with Crippen LogP contribution < -0.4 is 5.56 Å². The largest absolute Gasteiger partial charge is 0.505 e. The van der Waals surface area contributed by atoms with Crippen molar-refractivity contribution in [2.45, 2.75) is 27.4 Å². The molecule has 3 aromatic carbocycles. The molecule has 4 aromatic rings. The van der Waals surface area contributed by atoms with Crippen molar-refractivity contribution in [1.82, 2.24) is 9.78 Å². The van der Waals surface area contributed by atoms with E-state index in [2.05, 4.69) is 15.3 Å². The Morgan fingerprint density at radius 3 is 2.37 bits per heavy atom. The lowest BCUT2D eigenvalue weighted by Gasteiger charge is -2.02. The van der Waals surface area contributed by atoms with Crippen molar-refractivity contribution in [2.75, 3.05) is 0 Å². The highest BCUT2D eigenvalue weighted by Crippen LogP contribution is 2.35. The Kier molecular flexibility index (Phi) is 6.44. The fraction of sp³-hybridized carbons (Fsp3) is 0.174. The maximum absolute atomic E-state index is 12.7. The van der Waals surface area contributed by atoms with Crippen LogP contribution in [0.25, 0.3) is 16.5 Å². The molecule has 0 fully saturated rings. The first kappa shape index (κ1) is 21.0. The van der Waals surface area contributed by atoms with Crippen LogP contribution in [0.2, 0.25) is 0 Å². The van der Waals surface area contributed by atoms with Gasteiger partial charge in [0.05, 0.1) is 18.0 Å². The number of H-pyrrole nitrogens is 1. The molecule has 0 amide bonds. The van der Waals surface area contributed by atoms with Crippen LogP contribution in [0.3, 0.4) is 0 Å². The van der Waals surface area contributed by atoms with E-state index in [0.717, 1.165) is 10.9 Å². The summed E-state index contributed by atoms with van der Waals surface area (Å²) in [4.78, 5) is 12.7. The molecule has 154 valence electrons. The van der Waals surface area contributed by atoms with Crippen LogP contribution in [0.15, 0.2) is 75.7 Å². The number of aliphatic hydroxyl groups excluding tert-OH is 1. The van der Waals surface area contributed by atoms with Crippen LogP contribution in [-0.2, 0) is 6.61 Å². The Labute approximate surface area is 173 Å². The Bertz CT molecular complexity index is 1240. The molecule has 0 saturated carbocycles.